The molecule has 1 nitrogen and oxygen atoms in total. The first-order chi connectivity index (χ1) is 13.7. The van der Waals surface area contributed by atoms with Gasteiger partial charge in [0.25, 0.3) is 0 Å². The molecule has 4 aliphatic carbocycles. The van der Waals surface area contributed by atoms with E-state index in [9.17, 15) is 9.18 Å². The van der Waals surface area contributed by atoms with E-state index in [2.05, 4.69) is 34.6 Å². The van der Waals surface area contributed by atoms with Gasteiger partial charge in [0.15, 0.2) is 12.0 Å². The number of alkyl halides is 1. The van der Waals surface area contributed by atoms with E-state index in [4.69, 9.17) is 0 Å². The number of carbonyl (C=O) groups is 1. The lowest BCUT2D eigenvalue weighted by molar-refractivity contribution is -0.150. The van der Waals surface area contributed by atoms with Gasteiger partial charge in [-0.2, -0.15) is 0 Å². The second kappa shape index (κ2) is 7.94. The van der Waals surface area contributed by atoms with Crippen molar-refractivity contribution < 1.29 is 9.18 Å². The topological polar surface area (TPSA) is 17.1 Å². The minimum absolute atomic E-state index is 0.0680. The summed E-state index contributed by atoms with van der Waals surface area (Å²) in [5.74, 6) is 5.16. The van der Waals surface area contributed by atoms with Crippen LogP contribution < -0.4 is 0 Å². The van der Waals surface area contributed by atoms with Crippen molar-refractivity contribution in [1.29, 1.82) is 0 Å². The molecule has 166 valence electrons. The predicted octanol–water partition coefficient (Wildman–Crippen LogP) is 7.62. The van der Waals surface area contributed by atoms with Gasteiger partial charge in [-0.3, -0.25) is 4.79 Å². The Balaban J connectivity index is 1.48. The summed E-state index contributed by atoms with van der Waals surface area (Å²) >= 11 is 0. The van der Waals surface area contributed by atoms with Crippen molar-refractivity contribution in [1.82, 2.24) is 0 Å². The van der Waals surface area contributed by atoms with E-state index in [0.29, 0.717) is 30.1 Å². The average Bonchev–Trinajstić information content (AvgIpc) is 3.00. The van der Waals surface area contributed by atoms with Gasteiger partial charge in [0.1, 0.15) is 0 Å². The van der Waals surface area contributed by atoms with Crippen molar-refractivity contribution >= 4 is 5.78 Å². The Labute approximate surface area is 179 Å². The lowest BCUT2D eigenvalue weighted by atomic mass is 9.44. The molecular formula is C27H45FO. The maximum atomic E-state index is 14.5. The van der Waals surface area contributed by atoms with Gasteiger partial charge in [0.2, 0.25) is 0 Å². The van der Waals surface area contributed by atoms with Gasteiger partial charge >= 0.3 is 0 Å². The second-order valence-corrected chi connectivity index (χ2v) is 12.5. The molecule has 0 unspecified atom stereocenters. The third kappa shape index (κ3) is 3.63. The van der Waals surface area contributed by atoms with E-state index in [0.717, 1.165) is 36.0 Å². The molecule has 0 amide bonds. The molecule has 4 fully saturated rings. The third-order valence-electron chi connectivity index (χ3n) is 10.7. The molecule has 0 aliphatic heterocycles. The lowest BCUT2D eigenvalue weighted by Crippen LogP contribution is -2.55. The molecule has 0 radical (unpaired) electrons. The summed E-state index contributed by atoms with van der Waals surface area (Å²) < 4.78 is 14.5. The van der Waals surface area contributed by atoms with Crippen LogP contribution in [0.4, 0.5) is 4.39 Å². The van der Waals surface area contributed by atoms with Gasteiger partial charge in [0, 0.05) is 6.42 Å². The predicted molar refractivity (Wildman–Crippen MR) is 118 cm³/mol. The minimum atomic E-state index is -1.19. The largest absolute Gasteiger partial charge is 0.296 e. The Morgan fingerprint density at radius 2 is 1.69 bits per heavy atom. The van der Waals surface area contributed by atoms with Gasteiger partial charge in [0.05, 0.1) is 0 Å². The zero-order valence-corrected chi connectivity index (χ0v) is 19.7. The van der Waals surface area contributed by atoms with Gasteiger partial charge in [-0.1, -0.05) is 53.9 Å². The van der Waals surface area contributed by atoms with Gasteiger partial charge in [-0.25, -0.2) is 4.39 Å². The van der Waals surface area contributed by atoms with Crippen molar-refractivity contribution in [2.24, 2.45) is 52.3 Å². The van der Waals surface area contributed by atoms with Crippen LogP contribution in [0.2, 0.25) is 0 Å². The Kier molecular flexibility index (Phi) is 5.97. The van der Waals surface area contributed by atoms with Gasteiger partial charge in [-0.15, -0.1) is 0 Å². The van der Waals surface area contributed by atoms with Crippen LogP contribution in [0.3, 0.4) is 0 Å². The summed E-state index contributed by atoms with van der Waals surface area (Å²) in [5.41, 5.74) is 0.569. The highest BCUT2D eigenvalue weighted by molar-refractivity contribution is 5.84. The summed E-state index contributed by atoms with van der Waals surface area (Å²) in [6.07, 6.45) is 11.9. The maximum absolute atomic E-state index is 14.5. The van der Waals surface area contributed by atoms with E-state index in [1.807, 2.05) is 0 Å². The molecule has 2 heteroatoms. The van der Waals surface area contributed by atoms with Crippen molar-refractivity contribution in [2.75, 3.05) is 0 Å². The first-order valence-corrected chi connectivity index (χ1v) is 12.8. The lowest BCUT2D eigenvalue weighted by Gasteiger charge is -2.60. The number of rotatable bonds is 5. The summed E-state index contributed by atoms with van der Waals surface area (Å²) in [6, 6.07) is 0. The number of fused-ring (bicyclic) bond motifs is 5. The van der Waals surface area contributed by atoms with Crippen LogP contribution in [-0.4, -0.2) is 12.0 Å². The molecular weight excluding hydrogens is 359 g/mol. The summed E-state index contributed by atoms with van der Waals surface area (Å²) in [7, 11) is 0. The molecule has 0 aromatic carbocycles. The quantitative estimate of drug-likeness (QED) is 0.460. The van der Waals surface area contributed by atoms with Crippen molar-refractivity contribution in [3.8, 4) is 0 Å². The van der Waals surface area contributed by atoms with E-state index in [1.54, 1.807) is 0 Å². The fourth-order valence-corrected chi connectivity index (χ4v) is 9.08. The number of carbonyl (C=O) groups excluding carboxylic acids is 1. The van der Waals surface area contributed by atoms with Crippen LogP contribution in [0.1, 0.15) is 105 Å². The van der Waals surface area contributed by atoms with Crippen LogP contribution in [-0.2, 0) is 4.79 Å². The number of Topliss-reactive ketones (excluding diaryl/α,β-unsaturated/α-hetero) is 1. The Bertz CT molecular complexity index is 614. The number of halogens is 1. The number of ketones is 1. The molecule has 9 atom stereocenters. The molecule has 0 bridgehead atoms. The Morgan fingerprint density at radius 3 is 2.41 bits per heavy atom. The van der Waals surface area contributed by atoms with Crippen molar-refractivity contribution in [3.63, 3.8) is 0 Å². The molecule has 0 saturated heterocycles. The molecule has 0 aromatic heterocycles. The standard InChI is InChI=1S/C27H45FO/c1-17(2)7-6-8-18(3)21-11-12-22-20-10-9-19-15-25(29)24(28)16-27(19,5)23(20)13-14-26(21,22)4/h17-24H,6-16H2,1-5H3/t18-,19+,20+,21-,22+,23+,24-,26-,27+/m1/s1. The highest BCUT2D eigenvalue weighted by Gasteiger charge is 2.61. The fourth-order valence-electron chi connectivity index (χ4n) is 9.08. The highest BCUT2D eigenvalue weighted by Crippen LogP contribution is 2.68. The Hall–Kier alpha value is -0.400. The smallest absolute Gasteiger partial charge is 0.167 e. The van der Waals surface area contributed by atoms with Crippen molar-refractivity contribution in [2.45, 2.75) is 111 Å². The SMILES string of the molecule is CC(C)CCC[C@@H](C)[C@H]1CC[C@H]2[C@@H]3CC[C@H]4CC(=O)[C@H](F)C[C@]4(C)[C@H]3CC[C@]12C. The summed E-state index contributed by atoms with van der Waals surface area (Å²) in [5, 5.41) is 0. The molecule has 4 saturated carbocycles. The van der Waals surface area contributed by atoms with Crippen LogP contribution in [0, 0.1) is 52.3 Å². The van der Waals surface area contributed by atoms with E-state index in [-0.39, 0.29) is 11.2 Å². The first-order valence-electron chi connectivity index (χ1n) is 12.8. The highest BCUT2D eigenvalue weighted by atomic mass is 19.1. The first kappa shape index (κ1) is 21.8. The van der Waals surface area contributed by atoms with Crippen LogP contribution in [0.15, 0.2) is 0 Å². The maximum Gasteiger partial charge on any atom is 0.167 e. The molecule has 0 aromatic rings. The van der Waals surface area contributed by atoms with Crippen LogP contribution >= 0.6 is 0 Å². The fraction of sp³-hybridized carbons (Fsp3) is 0.963. The average molecular weight is 405 g/mol. The molecule has 4 aliphatic rings. The number of hydrogen-bond donors (Lipinski definition) is 0. The van der Waals surface area contributed by atoms with Crippen molar-refractivity contribution in [3.05, 3.63) is 0 Å². The van der Waals surface area contributed by atoms with Crippen LogP contribution in [0.5, 0.6) is 0 Å². The third-order valence-corrected chi connectivity index (χ3v) is 10.7. The molecule has 0 heterocycles. The second-order valence-electron chi connectivity index (χ2n) is 12.5. The molecule has 29 heavy (non-hydrogen) atoms. The molecule has 0 spiro atoms. The summed E-state index contributed by atoms with van der Waals surface area (Å²) in [4.78, 5) is 12.1. The Morgan fingerprint density at radius 1 is 0.966 bits per heavy atom. The van der Waals surface area contributed by atoms with E-state index >= 15 is 0 Å². The van der Waals surface area contributed by atoms with E-state index in [1.165, 1.54) is 51.4 Å². The van der Waals surface area contributed by atoms with Gasteiger partial charge < -0.3 is 0 Å². The van der Waals surface area contributed by atoms with E-state index < -0.39 is 6.17 Å². The van der Waals surface area contributed by atoms with Crippen LogP contribution in [0.25, 0.3) is 0 Å². The normalized spacial score (nSPS) is 48.2. The molecule has 4 rings (SSSR count). The molecule has 0 N–H and O–H groups in total. The summed E-state index contributed by atoms with van der Waals surface area (Å²) in [6.45, 7) is 12.2. The zero-order valence-electron chi connectivity index (χ0n) is 19.7. The monoisotopic (exact) mass is 404 g/mol. The van der Waals surface area contributed by atoms with Gasteiger partial charge in [-0.05, 0) is 97.2 Å². The zero-order chi connectivity index (χ0) is 21.0. The minimum Gasteiger partial charge on any atom is -0.296 e. The number of hydrogen-bond acceptors (Lipinski definition) is 1.